The summed E-state index contributed by atoms with van der Waals surface area (Å²) in [5.41, 5.74) is 8.75. The van der Waals surface area contributed by atoms with Crippen LogP contribution in [0, 0.1) is 5.92 Å². The van der Waals surface area contributed by atoms with Gasteiger partial charge in [-0.05, 0) is 51.0 Å². The molecule has 106 valence electrons. The monoisotopic (exact) mass is 270 g/mol. The lowest BCUT2D eigenvalue weighted by Crippen LogP contribution is -2.32. The van der Waals surface area contributed by atoms with Crippen molar-refractivity contribution >= 4 is 22.3 Å². The van der Waals surface area contributed by atoms with Crippen LogP contribution in [0.2, 0.25) is 0 Å². The normalized spacial score (nSPS) is 17.4. The van der Waals surface area contributed by atoms with Crippen molar-refractivity contribution in [2.24, 2.45) is 5.92 Å². The molecule has 0 amide bonds. The van der Waals surface area contributed by atoms with Crippen molar-refractivity contribution in [1.29, 1.82) is 0 Å². The molecule has 2 aromatic rings. The van der Waals surface area contributed by atoms with E-state index in [4.69, 9.17) is 5.73 Å². The Morgan fingerprint density at radius 3 is 2.90 bits per heavy atom. The minimum atomic E-state index is 0.741. The third-order valence-corrected chi connectivity index (χ3v) is 4.22. The summed E-state index contributed by atoms with van der Waals surface area (Å²) in [6, 6.07) is 8.00. The lowest BCUT2D eigenvalue weighted by molar-refractivity contribution is 0.226. The molecular formula is C16H22N4. The van der Waals surface area contributed by atoms with Gasteiger partial charge in [0.25, 0.3) is 0 Å². The number of aromatic nitrogens is 1. The molecule has 1 aromatic heterocycles. The molecule has 0 spiro atoms. The number of rotatable bonds is 3. The highest BCUT2D eigenvalue weighted by molar-refractivity contribution is 5.97. The average molecular weight is 270 g/mol. The van der Waals surface area contributed by atoms with Crippen LogP contribution in [-0.2, 0) is 0 Å². The Labute approximate surface area is 120 Å². The molecule has 3 rings (SSSR count). The van der Waals surface area contributed by atoms with Crippen molar-refractivity contribution in [3.05, 3.63) is 30.5 Å². The van der Waals surface area contributed by atoms with Gasteiger partial charge in [0, 0.05) is 23.8 Å². The third kappa shape index (κ3) is 2.70. The Bertz CT molecular complexity index is 588. The Morgan fingerprint density at radius 2 is 2.10 bits per heavy atom. The minimum Gasteiger partial charge on any atom is -0.397 e. The largest absolute Gasteiger partial charge is 0.397 e. The van der Waals surface area contributed by atoms with Gasteiger partial charge >= 0.3 is 0 Å². The number of nitrogen functional groups attached to an aromatic ring is 1. The SMILES string of the molecule is CN1CCC(CNc2ccnc3c(N)cccc23)CC1. The zero-order chi connectivity index (χ0) is 13.9. The van der Waals surface area contributed by atoms with Crippen LogP contribution in [0.5, 0.6) is 0 Å². The average Bonchev–Trinajstić information content (AvgIpc) is 2.47. The lowest BCUT2D eigenvalue weighted by atomic mass is 9.97. The molecule has 1 aliphatic rings. The van der Waals surface area contributed by atoms with Gasteiger partial charge in [0.05, 0.1) is 11.2 Å². The van der Waals surface area contributed by atoms with E-state index in [-0.39, 0.29) is 0 Å². The van der Waals surface area contributed by atoms with Crippen molar-refractivity contribution < 1.29 is 0 Å². The molecule has 0 saturated carbocycles. The van der Waals surface area contributed by atoms with E-state index in [1.165, 1.54) is 25.9 Å². The van der Waals surface area contributed by atoms with Crippen LogP contribution < -0.4 is 11.1 Å². The Balaban J connectivity index is 1.73. The first kappa shape index (κ1) is 13.2. The molecule has 0 aliphatic carbocycles. The fourth-order valence-electron chi connectivity index (χ4n) is 2.87. The van der Waals surface area contributed by atoms with Gasteiger partial charge in [-0.3, -0.25) is 4.98 Å². The molecule has 20 heavy (non-hydrogen) atoms. The van der Waals surface area contributed by atoms with Crippen molar-refractivity contribution in [3.8, 4) is 0 Å². The van der Waals surface area contributed by atoms with Gasteiger partial charge in [0.1, 0.15) is 0 Å². The van der Waals surface area contributed by atoms with Crippen LogP contribution >= 0.6 is 0 Å². The molecule has 1 aliphatic heterocycles. The maximum atomic E-state index is 5.98. The first-order chi connectivity index (χ1) is 9.74. The third-order valence-electron chi connectivity index (χ3n) is 4.22. The maximum Gasteiger partial charge on any atom is 0.0951 e. The van der Waals surface area contributed by atoms with Gasteiger partial charge in [-0.25, -0.2) is 0 Å². The van der Waals surface area contributed by atoms with Gasteiger partial charge in [-0.2, -0.15) is 0 Å². The molecule has 4 heteroatoms. The predicted octanol–water partition coefficient (Wildman–Crippen LogP) is 2.57. The summed E-state index contributed by atoms with van der Waals surface area (Å²) in [5.74, 6) is 0.760. The quantitative estimate of drug-likeness (QED) is 0.842. The molecule has 0 unspecified atom stereocenters. The number of hydrogen-bond acceptors (Lipinski definition) is 4. The fraction of sp³-hybridized carbons (Fsp3) is 0.438. The summed E-state index contributed by atoms with van der Waals surface area (Å²) in [6.07, 6.45) is 4.37. The van der Waals surface area contributed by atoms with Crippen LogP contribution in [0.25, 0.3) is 10.9 Å². The summed E-state index contributed by atoms with van der Waals surface area (Å²) in [4.78, 5) is 6.78. The van der Waals surface area contributed by atoms with Crippen LogP contribution in [-0.4, -0.2) is 36.6 Å². The fourth-order valence-corrected chi connectivity index (χ4v) is 2.87. The summed E-state index contributed by atoms with van der Waals surface area (Å²) >= 11 is 0. The summed E-state index contributed by atoms with van der Waals surface area (Å²) in [6.45, 7) is 3.44. The summed E-state index contributed by atoms with van der Waals surface area (Å²) < 4.78 is 0. The number of piperidine rings is 1. The smallest absolute Gasteiger partial charge is 0.0951 e. The molecule has 1 saturated heterocycles. The van der Waals surface area contributed by atoms with Gasteiger partial charge in [-0.15, -0.1) is 0 Å². The highest BCUT2D eigenvalue weighted by atomic mass is 15.1. The second kappa shape index (κ2) is 5.67. The Morgan fingerprint density at radius 1 is 1.30 bits per heavy atom. The van der Waals surface area contributed by atoms with Crippen LogP contribution in [0.4, 0.5) is 11.4 Å². The number of nitrogens with one attached hydrogen (secondary N) is 1. The topological polar surface area (TPSA) is 54.2 Å². The van der Waals surface area contributed by atoms with Gasteiger partial charge in [0.2, 0.25) is 0 Å². The van der Waals surface area contributed by atoms with E-state index in [0.29, 0.717) is 0 Å². The van der Waals surface area contributed by atoms with Crippen LogP contribution in [0.15, 0.2) is 30.5 Å². The first-order valence-electron chi connectivity index (χ1n) is 7.29. The number of nitrogens with two attached hydrogens (primary N) is 1. The molecule has 0 radical (unpaired) electrons. The molecule has 0 bridgehead atoms. The number of fused-ring (bicyclic) bond motifs is 1. The van der Waals surface area contributed by atoms with E-state index < -0.39 is 0 Å². The molecule has 0 atom stereocenters. The number of benzene rings is 1. The van der Waals surface area contributed by atoms with E-state index >= 15 is 0 Å². The molecule has 1 aromatic carbocycles. The van der Waals surface area contributed by atoms with Gasteiger partial charge in [-0.1, -0.05) is 12.1 Å². The Hall–Kier alpha value is -1.81. The van der Waals surface area contributed by atoms with Crippen molar-refractivity contribution in [1.82, 2.24) is 9.88 Å². The molecular weight excluding hydrogens is 248 g/mol. The van der Waals surface area contributed by atoms with E-state index in [0.717, 1.165) is 34.7 Å². The first-order valence-corrected chi connectivity index (χ1v) is 7.29. The van der Waals surface area contributed by atoms with E-state index in [1.807, 2.05) is 24.4 Å². The van der Waals surface area contributed by atoms with Gasteiger partial charge in [0.15, 0.2) is 0 Å². The number of para-hydroxylation sites is 1. The zero-order valence-corrected chi connectivity index (χ0v) is 12.0. The molecule has 3 N–H and O–H groups in total. The highest BCUT2D eigenvalue weighted by Gasteiger charge is 2.16. The van der Waals surface area contributed by atoms with E-state index in [2.05, 4.69) is 28.3 Å². The van der Waals surface area contributed by atoms with E-state index in [1.54, 1.807) is 0 Å². The number of pyridine rings is 1. The van der Waals surface area contributed by atoms with Crippen molar-refractivity contribution in [2.75, 3.05) is 37.7 Å². The second-order valence-electron chi connectivity index (χ2n) is 5.73. The standard InChI is InChI=1S/C16H22N4/c1-20-9-6-12(7-10-20)11-19-15-5-8-18-16-13(15)3-2-4-14(16)17/h2-5,8,12H,6-7,9-11,17H2,1H3,(H,18,19). The number of likely N-dealkylation sites (tertiary alicyclic amines) is 1. The second-order valence-corrected chi connectivity index (χ2v) is 5.73. The van der Waals surface area contributed by atoms with Crippen molar-refractivity contribution in [3.63, 3.8) is 0 Å². The van der Waals surface area contributed by atoms with Crippen molar-refractivity contribution in [2.45, 2.75) is 12.8 Å². The summed E-state index contributed by atoms with van der Waals surface area (Å²) in [5, 5.41) is 4.70. The number of nitrogens with zero attached hydrogens (tertiary/aromatic N) is 2. The maximum absolute atomic E-state index is 5.98. The lowest BCUT2D eigenvalue weighted by Gasteiger charge is -2.29. The van der Waals surface area contributed by atoms with E-state index in [9.17, 15) is 0 Å². The summed E-state index contributed by atoms with van der Waals surface area (Å²) in [7, 11) is 2.20. The number of anilines is 2. The number of hydrogen-bond donors (Lipinski definition) is 2. The predicted molar refractivity (Wildman–Crippen MR) is 84.9 cm³/mol. The highest BCUT2D eigenvalue weighted by Crippen LogP contribution is 2.26. The molecule has 2 heterocycles. The molecule has 4 nitrogen and oxygen atoms in total. The molecule has 1 fully saturated rings. The van der Waals surface area contributed by atoms with Crippen LogP contribution in [0.3, 0.4) is 0 Å². The van der Waals surface area contributed by atoms with Gasteiger partial charge < -0.3 is 16.0 Å². The minimum absolute atomic E-state index is 0.741. The van der Waals surface area contributed by atoms with Crippen LogP contribution in [0.1, 0.15) is 12.8 Å². The zero-order valence-electron chi connectivity index (χ0n) is 12.0. The Kier molecular flexibility index (Phi) is 3.74.